The average Bonchev–Trinajstić information content (AvgIpc) is 3.37. The van der Waals surface area contributed by atoms with Gasteiger partial charge in [0.2, 0.25) is 5.95 Å². The van der Waals surface area contributed by atoms with Crippen molar-refractivity contribution in [2.24, 2.45) is 0 Å². The number of nitrogens with zero attached hydrogens (tertiary/aromatic N) is 3. The fraction of sp³-hybridized carbons (Fsp3) is 0.286. The number of carbonyl (C=O) groups excluding carboxylic acids is 1. The summed E-state index contributed by atoms with van der Waals surface area (Å²) in [4.78, 5) is 18.7. The number of Topliss-reactive ketones (excluding diaryl/α,β-unsaturated/α-hetero) is 1. The molecule has 1 unspecified atom stereocenters. The van der Waals surface area contributed by atoms with Crippen molar-refractivity contribution in [2.45, 2.75) is 32.2 Å². The predicted octanol–water partition coefficient (Wildman–Crippen LogP) is 4.43. The van der Waals surface area contributed by atoms with Crippen LogP contribution in [-0.2, 0) is 4.79 Å². The second-order valence-electron chi connectivity index (χ2n) is 6.85. The molecule has 0 spiro atoms. The van der Waals surface area contributed by atoms with E-state index in [4.69, 9.17) is 14.8 Å². The van der Waals surface area contributed by atoms with Crippen molar-refractivity contribution in [3.05, 3.63) is 58.6 Å². The molecule has 142 valence electrons. The number of thiophene rings is 1. The van der Waals surface area contributed by atoms with E-state index in [0.29, 0.717) is 24.8 Å². The third kappa shape index (κ3) is 2.74. The normalized spacial score (nSPS) is 18.5. The fourth-order valence-electron chi connectivity index (χ4n) is 3.95. The number of ketones is 1. The van der Waals surface area contributed by atoms with Gasteiger partial charge >= 0.3 is 0 Å². The van der Waals surface area contributed by atoms with E-state index >= 15 is 0 Å². The van der Waals surface area contributed by atoms with Gasteiger partial charge in [-0.2, -0.15) is 4.98 Å². The quantitative estimate of drug-likeness (QED) is 0.711. The fourth-order valence-corrected chi connectivity index (χ4v) is 4.60. The Morgan fingerprint density at radius 1 is 1.25 bits per heavy atom. The molecule has 0 bridgehead atoms. The highest BCUT2D eigenvalue weighted by Gasteiger charge is 2.38. The topological polar surface area (TPSA) is 69.0 Å². The van der Waals surface area contributed by atoms with Gasteiger partial charge in [0.05, 0.1) is 11.5 Å². The number of aromatic nitrogens is 3. The molecule has 1 N–H and O–H groups in total. The number of para-hydroxylation sites is 1. The number of rotatable bonds is 4. The van der Waals surface area contributed by atoms with Crippen molar-refractivity contribution in [3.8, 4) is 16.5 Å². The molecule has 7 heteroatoms. The van der Waals surface area contributed by atoms with Gasteiger partial charge in [0, 0.05) is 23.3 Å². The van der Waals surface area contributed by atoms with Crippen LogP contribution in [0.3, 0.4) is 0 Å². The summed E-state index contributed by atoms with van der Waals surface area (Å²) in [7, 11) is 0. The number of benzene rings is 1. The first-order chi connectivity index (χ1) is 13.8. The van der Waals surface area contributed by atoms with Gasteiger partial charge in [-0.3, -0.25) is 4.79 Å². The highest BCUT2D eigenvalue weighted by molar-refractivity contribution is 7.13. The Balaban J connectivity index is 1.71. The molecule has 2 aromatic heterocycles. The lowest BCUT2D eigenvalue weighted by Crippen LogP contribution is -2.31. The molecule has 0 fully saturated rings. The lowest BCUT2D eigenvalue weighted by atomic mass is 9.85. The van der Waals surface area contributed by atoms with Crippen LogP contribution in [0.5, 0.6) is 5.75 Å². The minimum Gasteiger partial charge on any atom is -0.494 e. The van der Waals surface area contributed by atoms with E-state index in [1.165, 1.54) is 0 Å². The van der Waals surface area contributed by atoms with Crippen LogP contribution in [0, 0.1) is 0 Å². The zero-order valence-corrected chi connectivity index (χ0v) is 16.3. The highest BCUT2D eigenvalue weighted by atomic mass is 32.1. The molecule has 0 saturated carbocycles. The summed E-state index contributed by atoms with van der Waals surface area (Å²) < 4.78 is 7.73. The van der Waals surface area contributed by atoms with Gasteiger partial charge in [0.25, 0.3) is 0 Å². The molecule has 28 heavy (non-hydrogen) atoms. The van der Waals surface area contributed by atoms with Gasteiger partial charge in [0.1, 0.15) is 11.8 Å². The first-order valence-corrected chi connectivity index (χ1v) is 10.4. The highest BCUT2D eigenvalue weighted by Crippen LogP contribution is 2.43. The standard InChI is InChI=1S/C21H20N4O2S/c1-2-27-16-10-4-3-7-13(16)19-18-14(8-5-9-15(18)26)22-21-23-20(24-25(19)21)17-11-6-12-28-17/h3-4,6-7,10-12,19H,2,5,8-9H2,1H3,(H,22,23,24). The van der Waals surface area contributed by atoms with Crippen molar-refractivity contribution < 1.29 is 9.53 Å². The molecular weight excluding hydrogens is 372 g/mol. The Kier molecular flexibility index (Phi) is 4.24. The summed E-state index contributed by atoms with van der Waals surface area (Å²) in [5, 5.41) is 10.2. The van der Waals surface area contributed by atoms with Gasteiger partial charge in [-0.05, 0) is 37.3 Å². The Labute approximate surface area is 166 Å². The van der Waals surface area contributed by atoms with Gasteiger partial charge in [-0.15, -0.1) is 16.4 Å². The molecule has 0 amide bonds. The lowest BCUT2D eigenvalue weighted by molar-refractivity contribution is -0.116. The zero-order chi connectivity index (χ0) is 19.1. The molecule has 1 atom stereocenters. The summed E-state index contributed by atoms with van der Waals surface area (Å²) in [6.45, 7) is 2.53. The molecule has 1 aromatic carbocycles. The molecule has 6 nitrogen and oxygen atoms in total. The SMILES string of the molecule is CCOc1ccccc1C1C2=C(CCCC2=O)Nc2nc(-c3cccs3)nn21. The van der Waals surface area contributed by atoms with E-state index in [0.717, 1.165) is 40.3 Å². The number of ether oxygens (including phenoxy) is 1. The summed E-state index contributed by atoms with van der Waals surface area (Å²) >= 11 is 1.60. The van der Waals surface area contributed by atoms with Crippen LogP contribution in [-0.4, -0.2) is 27.2 Å². The molecule has 2 aliphatic rings. The van der Waals surface area contributed by atoms with E-state index in [9.17, 15) is 4.79 Å². The largest absolute Gasteiger partial charge is 0.494 e. The first kappa shape index (κ1) is 17.2. The van der Waals surface area contributed by atoms with Crippen LogP contribution in [0.2, 0.25) is 0 Å². The maximum atomic E-state index is 12.9. The molecule has 3 heterocycles. The van der Waals surface area contributed by atoms with Crippen LogP contribution in [0.1, 0.15) is 37.8 Å². The lowest BCUT2D eigenvalue weighted by Gasteiger charge is -2.32. The maximum absolute atomic E-state index is 12.9. The number of anilines is 1. The van der Waals surface area contributed by atoms with Crippen LogP contribution in [0.25, 0.3) is 10.7 Å². The number of hydrogen-bond donors (Lipinski definition) is 1. The van der Waals surface area contributed by atoms with Crippen LogP contribution in [0.4, 0.5) is 5.95 Å². The van der Waals surface area contributed by atoms with Gasteiger partial charge in [0.15, 0.2) is 11.6 Å². The van der Waals surface area contributed by atoms with E-state index in [1.807, 2.05) is 53.4 Å². The minimum absolute atomic E-state index is 0.170. The monoisotopic (exact) mass is 392 g/mol. The second kappa shape index (κ2) is 6.91. The average molecular weight is 392 g/mol. The van der Waals surface area contributed by atoms with Crippen molar-refractivity contribution in [2.75, 3.05) is 11.9 Å². The third-order valence-corrected chi connectivity index (χ3v) is 5.99. The summed E-state index contributed by atoms with van der Waals surface area (Å²) in [6.07, 6.45) is 2.27. The summed E-state index contributed by atoms with van der Waals surface area (Å²) in [5.41, 5.74) is 2.69. The molecule has 3 aromatic rings. The summed E-state index contributed by atoms with van der Waals surface area (Å²) in [6, 6.07) is 11.6. The second-order valence-corrected chi connectivity index (χ2v) is 7.80. The van der Waals surface area contributed by atoms with E-state index in [2.05, 4.69) is 5.32 Å². The Morgan fingerprint density at radius 3 is 2.96 bits per heavy atom. The minimum atomic E-state index is -0.331. The van der Waals surface area contributed by atoms with Crippen molar-refractivity contribution in [1.82, 2.24) is 14.8 Å². The Bertz CT molecular complexity index is 1070. The van der Waals surface area contributed by atoms with Gasteiger partial charge < -0.3 is 10.1 Å². The molecule has 1 aliphatic heterocycles. The number of hydrogen-bond acceptors (Lipinski definition) is 6. The Hall–Kier alpha value is -2.93. The predicted molar refractivity (Wildman–Crippen MR) is 109 cm³/mol. The molecule has 5 rings (SSSR count). The number of fused-ring (bicyclic) bond motifs is 1. The van der Waals surface area contributed by atoms with Crippen LogP contribution < -0.4 is 10.1 Å². The van der Waals surface area contributed by atoms with Crippen molar-refractivity contribution >= 4 is 23.1 Å². The number of nitrogens with one attached hydrogen (secondary N) is 1. The van der Waals surface area contributed by atoms with E-state index in [-0.39, 0.29) is 11.8 Å². The number of carbonyl (C=O) groups is 1. The first-order valence-electron chi connectivity index (χ1n) is 9.51. The van der Waals surface area contributed by atoms with E-state index in [1.54, 1.807) is 11.3 Å². The van der Waals surface area contributed by atoms with Crippen molar-refractivity contribution in [1.29, 1.82) is 0 Å². The molecule has 0 radical (unpaired) electrons. The molecule has 1 aliphatic carbocycles. The molecule has 0 saturated heterocycles. The van der Waals surface area contributed by atoms with Crippen molar-refractivity contribution in [3.63, 3.8) is 0 Å². The Morgan fingerprint density at radius 2 is 2.14 bits per heavy atom. The zero-order valence-electron chi connectivity index (χ0n) is 15.5. The maximum Gasteiger partial charge on any atom is 0.226 e. The number of allylic oxidation sites excluding steroid dienone is 2. The smallest absolute Gasteiger partial charge is 0.226 e. The van der Waals surface area contributed by atoms with Gasteiger partial charge in [-0.1, -0.05) is 24.3 Å². The summed E-state index contributed by atoms with van der Waals surface area (Å²) in [5.74, 6) is 2.29. The third-order valence-electron chi connectivity index (χ3n) is 5.12. The van der Waals surface area contributed by atoms with E-state index < -0.39 is 0 Å². The molecular formula is C21H20N4O2S. The van der Waals surface area contributed by atoms with Crippen LogP contribution >= 0.6 is 11.3 Å². The van der Waals surface area contributed by atoms with Gasteiger partial charge in [-0.25, -0.2) is 4.68 Å². The van der Waals surface area contributed by atoms with Crippen LogP contribution in [0.15, 0.2) is 53.0 Å².